The van der Waals surface area contributed by atoms with Crippen LogP contribution in [0, 0.1) is 0 Å². The summed E-state index contributed by atoms with van der Waals surface area (Å²) < 4.78 is 11.3. The van der Waals surface area contributed by atoms with Gasteiger partial charge in [0.1, 0.15) is 24.4 Å². The molecule has 9 heteroatoms. The number of rotatable bonds is 60. The van der Waals surface area contributed by atoms with Crippen molar-refractivity contribution < 1.29 is 39.8 Å². The number of ether oxygens (including phenoxy) is 2. The van der Waals surface area contributed by atoms with Crippen molar-refractivity contribution >= 4 is 5.91 Å². The SMILES string of the molecule is CCCCCCCCCCCCCCCCCCCCCCCCCCCCC/C=C/CC/C=C/C(O)C(COC1OC(CO)C(O)C(O)C1O)NC(=O)CCCCCCCCCCCCCCCCCCCCCCC. The zero-order valence-electron chi connectivity index (χ0n) is 51.0. The smallest absolute Gasteiger partial charge is 0.220 e. The second kappa shape index (κ2) is 57.9. The topological polar surface area (TPSA) is 149 Å². The van der Waals surface area contributed by atoms with E-state index in [1.165, 1.54) is 289 Å². The summed E-state index contributed by atoms with van der Waals surface area (Å²) in [6.07, 6.45) is 68.6. The molecule has 1 fully saturated rings. The van der Waals surface area contributed by atoms with E-state index in [4.69, 9.17) is 9.47 Å². The third-order valence-electron chi connectivity index (χ3n) is 16.5. The predicted octanol–water partition coefficient (Wildman–Crippen LogP) is 18.1. The Morgan fingerprint density at radius 3 is 1.09 bits per heavy atom. The van der Waals surface area contributed by atoms with E-state index in [9.17, 15) is 30.3 Å². The number of amides is 1. The van der Waals surface area contributed by atoms with Crippen molar-refractivity contribution in [2.45, 2.75) is 391 Å². The van der Waals surface area contributed by atoms with Crippen LogP contribution >= 0.6 is 0 Å². The van der Waals surface area contributed by atoms with E-state index >= 15 is 0 Å². The second-order valence-corrected chi connectivity index (χ2v) is 24.0. The Morgan fingerprint density at radius 1 is 0.429 bits per heavy atom. The van der Waals surface area contributed by atoms with Crippen LogP contribution in [0.15, 0.2) is 24.3 Å². The molecule has 456 valence electrons. The first-order valence-electron chi connectivity index (χ1n) is 34.1. The Labute approximate surface area is 477 Å². The molecule has 6 N–H and O–H groups in total. The molecule has 77 heavy (non-hydrogen) atoms. The second-order valence-electron chi connectivity index (χ2n) is 24.0. The molecule has 0 aromatic rings. The number of nitrogens with one attached hydrogen (secondary N) is 1. The number of hydrogen-bond acceptors (Lipinski definition) is 8. The van der Waals surface area contributed by atoms with Gasteiger partial charge >= 0.3 is 0 Å². The molecule has 0 bridgehead atoms. The summed E-state index contributed by atoms with van der Waals surface area (Å²) in [6.45, 7) is 3.82. The van der Waals surface area contributed by atoms with Gasteiger partial charge in [-0.05, 0) is 32.1 Å². The molecule has 1 aliphatic heterocycles. The van der Waals surface area contributed by atoms with Gasteiger partial charge < -0.3 is 40.3 Å². The molecule has 9 nitrogen and oxygen atoms in total. The lowest BCUT2D eigenvalue weighted by Crippen LogP contribution is -2.60. The van der Waals surface area contributed by atoms with Crippen LogP contribution in [0.2, 0.25) is 0 Å². The zero-order chi connectivity index (χ0) is 55.8. The van der Waals surface area contributed by atoms with Crippen LogP contribution in [0.3, 0.4) is 0 Å². The Morgan fingerprint density at radius 2 is 0.740 bits per heavy atom. The molecule has 1 saturated heterocycles. The lowest BCUT2D eigenvalue weighted by molar-refractivity contribution is -0.302. The molecular weight excluding hydrogens is 959 g/mol. The van der Waals surface area contributed by atoms with Gasteiger partial charge in [-0.3, -0.25) is 4.79 Å². The number of hydrogen-bond donors (Lipinski definition) is 6. The molecule has 1 rings (SSSR count). The minimum Gasteiger partial charge on any atom is -0.394 e. The lowest BCUT2D eigenvalue weighted by Gasteiger charge is -2.40. The molecule has 0 spiro atoms. The Bertz CT molecular complexity index is 1260. The average Bonchev–Trinajstić information content (AvgIpc) is 3.43. The van der Waals surface area contributed by atoms with E-state index in [2.05, 4.69) is 31.3 Å². The van der Waals surface area contributed by atoms with Crippen LogP contribution in [0.4, 0.5) is 0 Å². The summed E-state index contributed by atoms with van der Waals surface area (Å²) in [6, 6.07) is -0.820. The summed E-state index contributed by atoms with van der Waals surface area (Å²) >= 11 is 0. The number of allylic oxidation sites excluding steroid dienone is 3. The lowest BCUT2D eigenvalue weighted by atomic mass is 9.99. The maximum absolute atomic E-state index is 13.1. The van der Waals surface area contributed by atoms with Crippen molar-refractivity contribution in [3.8, 4) is 0 Å². The van der Waals surface area contributed by atoms with Gasteiger partial charge in [0.2, 0.25) is 5.91 Å². The van der Waals surface area contributed by atoms with Gasteiger partial charge in [0.15, 0.2) is 6.29 Å². The quantitative estimate of drug-likeness (QED) is 0.0261. The number of aliphatic hydroxyl groups excluding tert-OH is 5. The summed E-state index contributed by atoms with van der Waals surface area (Å²) in [5.74, 6) is -0.179. The van der Waals surface area contributed by atoms with Crippen molar-refractivity contribution in [1.29, 1.82) is 0 Å². The third-order valence-corrected chi connectivity index (χ3v) is 16.5. The summed E-state index contributed by atoms with van der Waals surface area (Å²) in [5.41, 5.74) is 0. The molecule has 1 aliphatic rings. The van der Waals surface area contributed by atoms with Crippen LogP contribution in [-0.4, -0.2) is 87.5 Å². The summed E-state index contributed by atoms with van der Waals surface area (Å²) in [7, 11) is 0. The highest BCUT2D eigenvalue weighted by Gasteiger charge is 2.44. The normalized spacial score (nSPS) is 18.8. The maximum atomic E-state index is 13.1. The van der Waals surface area contributed by atoms with Gasteiger partial charge in [-0.25, -0.2) is 0 Å². The van der Waals surface area contributed by atoms with Crippen LogP contribution in [-0.2, 0) is 14.3 Å². The molecule has 1 amide bonds. The average molecular weight is 1090 g/mol. The molecule has 7 unspecified atom stereocenters. The monoisotopic (exact) mass is 1090 g/mol. The highest BCUT2D eigenvalue weighted by Crippen LogP contribution is 2.23. The van der Waals surface area contributed by atoms with Crippen LogP contribution in [0.1, 0.15) is 348 Å². The largest absolute Gasteiger partial charge is 0.394 e. The number of carbonyl (C=O) groups is 1. The fourth-order valence-corrected chi connectivity index (χ4v) is 11.2. The maximum Gasteiger partial charge on any atom is 0.220 e. The number of aliphatic hydroxyl groups is 5. The van der Waals surface area contributed by atoms with Crippen molar-refractivity contribution in [2.75, 3.05) is 13.2 Å². The zero-order valence-corrected chi connectivity index (χ0v) is 51.0. The minimum atomic E-state index is -1.57. The molecule has 0 aliphatic carbocycles. The van der Waals surface area contributed by atoms with Gasteiger partial charge in [0.25, 0.3) is 0 Å². The predicted molar refractivity (Wildman–Crippen MR) is 327 cm³/mol. The van der Waals surface area contributed by atoms with E-state index in [-0.39, 0.29) is 12.5 Å². The molecule has 0 saturated carbocycles. The van der Waals surface area contributed by atoms with Crippen LogP contribution in [0.25, 0.3) is 0 Å². The fourth-order valence-electron chi connectivity index (χ4n) is 11.2. The number of unbranched alkanes of at least 4 members (excludes halogenated alkanes) is 48. The highest BCUT2D eigenvalue weighted by molar-refractivity contribution is 5.76. The molecule has 1 heterocycles. The van der Waals surface area contributed by atoms with Crippen molar-refractivity contribution in [1.82, 2.24) is 5.32 Å². The summed E-state index contributed by atoms with van der Waals surface area (Å²) in [5, 5.41) is 54.7. The molecule has 0 aromatic carbocycles. The van der Waals surface area contributed by atoms with Gasteiger partial charge in [-0.2, -0.15) is 0 Å². The standard InChI is InChI=1S/C68H131NO8/c1-3-5-7-9-11-13-15-17-19-21-23-25-26-27-28-29-30-31-32-33-34-35-36-38-39-41-43-45-47-49-51-53-55-57-62(71)61(60-76-68-67(75)66(74)65(73)63(59-70)77-68)69-64(72)58-56-54-52-50-48-46-44-42-40-37-24-22-20-18-16-14-12-10-8-6-4-2/h47,49,55,57,61-63,65-68,70-71,73-75H,3-46,48,50-54,56,58-60H2,1-2H3,(H,69,72)/b49-47+,57-55+. The summed E-state index contributed by atoms with van der Waals surface area (Å²) in [4.78, 5) is 13.1. The first-order valence-corrected chi connectivity index (χ1v) is 34.1. The van der Waals surface area contributed by atoms with E-state index in [0.29, 0.717) is 6.42 Å². The van der Waals surface area contributed by atoms with Crippen LogP contribution < -0.4 is 5.32 Å². The third kappa shape index (κ3) is 46.9. The first kappa shape index (κ1) is 73.7. The van der Waals surface area contributed by atoms with Gasteiger partial charge in [-0.15, -0.1) is 0 Å². The van der Waals surface area contributed by atoms with E-state index in [1.807, 2.05) is 6.08 Å². The van der Waals surface area contributed by atoms with Gasteiger partial charge in [-0.1, -0.05) is 334 Å². The minimum absolute atomic E-state index is 0.179. The fraction of sp³-hybridized carbons (Fsp3) is 0.926. The molecule has 0 radical (unpaired) electrons. The Kier molecular flexibility index (Phi) is 55.4. The van der Waals surface area contributed by atoms with Gasteiger partial charge in [0.05, 0.1) is 25.4 Å². The van der Waals surface area contributed by atoms with Crippen molar-refractivity contribution in [2.24, 2.45) is 0 Å². The molecular formula is C68H131NO8. The Balaban J connectivity index is 2.14. The van der Waals surface area contributed by atoms with E-state index in [0.717, 1.165) is 38.5 Å². The van der Waals surface area contributed by atoms with E-state index in [1.54, 1.807) is 6.08 Å². The van der Waals surface area contributed by atoms with Crippen molar-refractivity contribution in [3.05, 3.63) is 24.3 Å². The first-order chi connectivity index (χ1) is 37.8. The van der Waals surface area contributed by atoms with E-state index < -0.39 is 49.5 Å². The van der Waals surface area contributed by atoms with Crippen LogP contribution in [0.5, 0.6) is 0 Å². The number of carbonyl (C=O) groups excluding carboxylic acids is 1. The highest BCUT2D eigenvalue weighted by atomic mass is 16.7. The van der Waals surface area contributed by atoms with Crippen molar-refractivity contribution in [3.63, 3.8) is 0 Å². The molecule has 7 atom stereocenters. The Hall–Kier alpha value is -1.33. The molecule has 0 aromatic heterocycles. The van der Waals surface area contributed by atoms with Gasteiger partial charge in [0, 0.05) is 6.42 Å².